The fourth-order valence-corrected chi connectivity index (χ4v) is 3.57. The Labute approximate surface area is 134 Å². The second-order valence-electron chi connectivity index (χ2n) is 6.34. The molecule has 1 heterocycles. The summed E-state index contributed by atoms with van der Waals surface area (Å²) in [5.74, 6) is 0.660. The molecule has 3 nitrogen and oxygen atoms in total. The van der Waals surface area contributed by atoms with Crippen molar-refractivity contribution in [3.63, 3.8) is 0 Å². The predicted molar refractivity (Wildman–Crippen MR) is 92.3 cm³/mol. The number of para-hydroxylation sites is 1. The lowest BCUT2D eigenvalue weighted by Gasteiger charge is -2.25. The SMILES string of the molecule is CCCNCc1cccc(Cl)c1N1CC(C)C(N(C)C)C1. The summed E-state index contributed by atoms with van der Waals surface area (Å²) in [6.45, 7) is 8.59. The van der Waals surface area contributed by atoms with Crippen LogP contribution in [0.2, 0.25) is 5.02 Å². The molecular formula is C17H28ClN3. The van der Waals surface area contributed by atoms with Crippen molar-refractivity contribution in [2.45, 2.75) is 32.9 Å². The molecule has 2 atom stereocenters. The quantitative estimate of drug-likeness (QED) is 0.814. The predicted octanol–water partition coefficient (Wildman–Crippen LogP) is 3.23. The van der Waals surface area contributed by atoms with Crippen molar-refractivity contribution < 1.29 is 0 Å². The van der Waals surface area contributed by atoms with E-state index in [4.69, 9.17) is 11.6 Å². The van der Waals surface area contributed by atoms with Crippen LogP contribution in [0.1, 0.15) is 25.8 Å². The zero-order valence-electron chi connectivity index (χ0n) is 13.7. The maximum atomic E-state index is 6.51. The molecule has 4 heteroatoms. The molecule has 0 radical (unpaired) electrons. The molecule has 1 aliphatic heterocycles. The molecule has 2 unspecified atom stereocenters. The Morgan fingerprint density at radius 1 is 1.33 bits per heavy atom. The Morgan fingerprint density at radius 3 is 2.71 bits per heavy atom. The maximum Gasteiger partial charge on any atom is 0.0642 e. The van der Waals surface area contributed by atoms with Gasteiger partial charge in [0.1, 0.15) is 0 Å². The lowest BCUT2D eigenvalue weighted by molar-refractivity contribution is 0.266. The molecule has 2 rings (SSSR count). The number of hydrogen-bond acceptors (Lipinski definition) is 3. The molecular weight excluding hydrogens is 282 g/mol. The van der Waals surface area contributed by atoms with Gasteiger partial charge in [-0.3, -0.25) is 0 Å². The Hall–Kier alpha value is -0.770. The van der Waals surface area contributed by atoms with Crippen LogP contribution in [0.3, 0.4) is 0 Å². The van der Waals surface area contributed by atoms with Crippen LogP contribution in [0.4, 0.5) is 5.69 Å². The second-order valence-corrected chi connectivity index (χ2v) is 6.74. The number of nitrogens with zero attached hydrogens (tertiary/aromatic N) is 2. The van der Waals surface area contributed by atoms with Gasteiger partial charge in [-0.25, -0.2) is 0 Å². The van der Waals surface area contributed by atoms with Crippen LogP contribution in [0.5, 0.6) is 0 Å². The Bertz CT molecular complexity index is 461. The fraction of sp³-hybridized carbons (Fsp3) is 0.647. The molecule has 0 spiro atoms. The standard InChI is InChI=1S/C17H28ClN3/c1-5-9-19-10-14-7-6-8-15(18)17(14)21-11-13(2)16(12-21)20(3)4/h6-8,13,16,19H,5,9-12H2,1-4H3. The van der Waals surface area contributed by atoms with E-state index in [1.165, 1.54) is 11.3 Å². The second kappa shape index (κ2) is 7.48. The topological polar surface area (TPSA) is 18.5 Å². The first-order valence-corrected chi connectivity index (χ1v) is 8.31. The Morgan fingerprint density at radius 2 is 2.10 bits per heavy atom. The van der Waals surface area contributed by atoms with Crippen molar-refractivity contribution in [1.82, 2.24) is 10.2 Å². The van der Waals surface area contributed by atoms with Crippen molar-refractivity contribution >= 4 is 17.3 Å². The number of halogens is 1. The normalized spacial score (nSPS) is 22.3. The van der Waals surface area contributed by atoms with E-state index in [1.807, 2.05) is 6.07 Å². The van der Waals surface area contributed by atoms with E-state index in [0.29, 0.717) is 12.0 Å². The zero-order valence-corrected chi connectivity index (χ0v) is 14.5. The smallest absolute Gasteiger partial charge is 0.0642 e. The highest BCUT2D eigenvalue weighted by atomic mass is 35.5. The summed E-state index contributed by atoms with van der Waals surface area (Å²) in [6, 6.07) is 6.85. The van der Waals surface area contributed by atoms with Crippen LogP contribution >= 0.6 is 11.6 Å². The number of rotatable bonds is 6. The van der Waals surface area contributed by atoms with Crippen LogP contribution in [0.15, 0.2) is 18.2 Å². The Kier molecular flexibility index (Phi) is 5.91. The molecule has 0 amide bonds. The van der Waals surface area contributed by atoms with Gasteiger partial charge < -0.3 is 15.1 Å². The van der Waals surface area contributed by atoms with Crippen LogP contribution < -0.4 is 10.2 Å². The summed E-state index contributed by atoms with van der Waals surface area (Å²) < 4.78 is 0. The summed E-state index contributed by atoms with van der Waals surface area (Å²) in [6.07, 6.45) is 1.15. The molecule has 0 saturated carbocycles. The van der Waals surface area contributed by atoms with Gasteiger partial charge >= 0.3 is 0 Å². The van der Waals surface area contributed by atoms with E-state index in [0.717, 1.165) is 37.6 Å². The van der Waals surface area contributed by atoms with E-state index in [2.05, 4.69) is 55.2 Å². The van der Waals surface area contributed by atoms with Crippen molar-refractivity contribution in [2.24, 2.45) is 5.92 Å². The van der Waals surface area contributed by atoms with Crippen LogP contribution in [0, 0.1) is 5.92 Å². The molecule has 1 saturated heterocycles. The van der Waals surface area contributed by atoms with Crippen LogP contribution in [0.25, 0.3) is 0 Å². The third-order valence-corrected chi connectivity index (χ3v) is 4.67. The Balaban J connectivity index is 2.19. The van der Waals surface area contributed by atoms with Crippen molar-refractivity contribution in [2.75, 3.05) is 38.6 Å². The number of anilines is 1. The fourth-order valence-electron chi connectivity index (χ4n) is 3.26. The molecule has 118 valence electrons. The monoisotopic (exact) mass is 309 g/mol. The first-order chi connectivity index (χ1) is 10.0. The summed E-state index contributed by atoms with van der Waals surface area (Å²) in [5.41, 5.74) is 2.53. The minimum Gasteiger partial charge on any atom is -0.368 e. The van der Waals surface area contributed by atoms with E-state index in [9.17, 15) is 0 Å². The van der Waals surface area contributed by atoms with Crippen LogP contribution in [-0.2, 0) is 6.54 Å². The summed E-state index contributed by atoms with van der Waals surface area (Å²) >= 11 is 6.51. The molecule has 0 aliphatic carbocycles. The largest absolute Gasteiger partial charge is 0.368 e. The summed E-state index contributed by atoms with van der Waals surface area (Å²) in [7, 11) is 4.34. The van der Waals surface area contributed by atoms with Gasteiger partial charge in [0.25, 0.3) is 0 Å². The van der Waals surface area contributed by atoms with Gasteiger partial charge in [-0.15, -0.1) is 0 Å². The van der Waals surface area contributed by atoms with Gasteiger partial charge in [0, 0.05) is 25.7 Å². The van der Waals surface area contributed by atoms with E-state index in [-0.39, 0.29) is 0 Å². The minimum atomic E-state index is 0.595. The van der Waals surface area contributed by atoms with E-state index >= 15 is 0 Å². The molecule has 21 heavy (non-hydrogen) atoms. The van der Waals surface area contributed by atoms with Gasteiger partial charge in [-0.1, -0.05) is 37.6 Å². The molecule has 1 fully saturated rings. The number of hydrogen-bond donors (Lipinski definition) is 1. The average molecular weight is 310 g/mol. The average Bonchev–Trinajstić information content (AvgIpc) is 2.81. The molecule has 1 aromatic rings. The maximum absolute atomic E-state index is 6.51. The first-order valence-electron chi connectivity index (χ1n) is 7.94. The molecule has 1 aromatic carbocycles. The van der Waals surface area contributed by atoms with Crippen LogP contribution in [-0.4, -0.2) is 44.7 Å². The van der Waals surface area contributed by atoms with Crippen molar-refractivity contribution in [1.29, 1.82) is 0 Å². The van der Waals surface area contributed by atoms with Crippen molar-refractivity contribution in [3.05, 3.63) is 28.8 Å². The minimum absolute atomic E-state index is 0.595. The van der Waals surface area contributed by atoms with Gasteiger partial charge in [-0.2, -0.15) is 0 Å². The highest BCUT2D eigenvalue weighted by Gasteiger charge is 2.32. The molecule has 1 aliphatic rings. The highest BCUT2D eigenvalue weighted by molar-refractivity contribution is 6.33. The van der Waals surface area contributed by atoms with Gasteiger partial charge in [0.15, 0.2) is 0 Å². The van der Waals surface area contributed by atoms with E-state index < -0.39 is 0 Å². The third-order valence-electron chi connectivity index (χ3n) is 4.36. The van der Waals surface area contributed by atoms with Gasteiger partial charge in [0.2, 0.25) is 0 Å². The molecule has 0 bridgehead atoms. The highest BCUT2D eigenvalue weighted by Crippen LogP contribution is 2.34. The summed E-state index contributed by atoms with van der Waals surface area (Å²) in [4.78, 5) is 4.79. The van der Waals surface area contributed by atoms with Gasteiger partial charge in [0.05, 0.1) is 10.7 Å². The first kappa shape index (κ1) is 16.6. The number of benzene rings is 1. The molecule has 1 N–H and O–H groups in total. The number of nitrogens with one attached hydrogen (secondary N) is 1. The summed E-state index contributed by atoms with van der Waals surface area (Å²) in [5, 5.41) is 4.36. The zero-order chi connectivity index (χ0) is 15.4. The lowest BCUT2D eigenvalue weighted by Crippen LogP contribution is -2.34. The van der Waals surface area contributed by atoms with Crippen molar-refractivity contribution in [3.8, 4) is 0 Å². The number of likely N-dealkylation sites (N-methyl/N-ethyl adjacent to an activating group) is 1. The lowest BCUT2D eigenvalue weighted by atomic mass is 10.1. The van der Waals surface area contributed by atoms with E-state index in [1.54, 1.807) is 0 Å². The third kappa shape index (κ3) is 3.91. The molecule has 0 aromatic heterocycles. The van der Waals surface area contributed by atoms with Gasteiger partial charge in [-0.05, 0) is 44.6 Å².